The van der Waals surface area contributed by atoms with Gasteiger partial charge in [-0.2, -0.15) is 0 Å². The highest BCUT2D eigenvalue weighted by Gasteiger charge is 2.27. The van der Waals surface area contributed by atoms with Crippen LogP contribution in [0.5, 0.6) is 0 Å². The van der Waals surface area contributed by atoms with Gasteiger partial charge in [0.05, 0.1) is 31.2 Å². The van der Waals surface area contributed by atoms with Crippen molar-refractivity contribution in [2.75, 3.05) is 30.4 Å². The van der Waals surface area contributed by atoms with Crippen molar-refractivity contribution in [1.29, 1.82) is 0 Å². The van der Waals surface area contributed by atoms with Crippen LogP contribution in [0.25, 0.3) is 0 Å². The molecule has 0 atom stereocenters. The van der Waals surface area contributed by atoms with Crippen LogP contribution in [0.4, 0.5) is 11.4 Å². The lowest BCUT2D eigenvalue weighted by Gasteiger charge is -2.25. The Morgan fingerprint density at radius 3 is 2.68 bits per heavy atom. The molecular weight excluding hydrogens is 478 g/mol. The molecule has 1 aromatic carbocycles. The van der Waals surface area contributed by atoms with E-state index in [1.165, 1.54) is 6.42 Å². The minimum Gasteiger partial charge on any atom is -0.500 e. The number of rotatable bonds is 9. The van der Waals surface area contributed by atoms with Gasteiger partial charge in [-0.3, -0.25) is 9.59 Å². The van der Waals surface area contributed by atoms with Crippen LogP contribution in [-0.2, 0) is 27.4 Å². The highest BCUT2D eigenvalue weighted by molar-refractivity contribution is 5.97. The summed E-state index contributed by atoms with van der Waals surface area (Å²) < 4.78 is 5.58. The third-order valence-electron chi connectivity index (χ3n) is 7.49. The van der Waals surface area contributed by atoms with Crippen molar-refractivity contribution in [3.63, 3.8) is 0 Å². The summed E-state index contributed by atoms with van der Waals surface area (Å²) in [5.74, 6) is 0.864. The average Bonchev–Trinajstić information content (AvgIpc) is 3.39. The largest absolute Gasteiger partial charge is 0.500 e. The minimum atomic E-state index is -0.0302. The standard InChI is InChI=1S/C30H41N5O3/c1-4-6-12-26(28(5-2)38-3)30(37)35-16-15-34(20-25-18-31-21-32-25)27-17-24(14-13-23(27)19-35)33-29(36)22-10-8-7-9-11-22/h6,12-14,17-18,21-22H,4-5,7-11,15-16,19-20H2,1-3H3,(H,31,32)(H,33,36)/b12-6-,28-26-. The first-order valence-electron chi connectivity index (χ1n) is 13.9. The zero-order chi connectivity index (χ0) is 26.9. The van der Waals surface area contributed by atoms with Crippen LogP contribution >= 0.6 is 0 Å². The number of aromatic amines is 1. The highest BCUT2D eigenvalue weighted by atomic mass is 16.5. The van der Waals surface area contributed by atoms with Gasteiger partial charge < -0.3 is 24.8 Å². The van der Waals surface area contributed by atoms with Crippen molar-refractivity contribution in [2.24, 2.45) is 5.92 Å². The molecule has 204 valence electrons. The molecule has 0 saturated heterocycles. The smallest absolute Gasteiger partial charge is 0.257 e. The number of carbonyl (C=O) groups excluding carboxylic acids is 2. The Morgan fingerprint density at radius 2 is 2.00 bits per heavy atom. The summed E-state index contributed by atoms with van der Waals surface area (Å²) in [6, 6.07) is 6.06. The predicted molar refractivity (Wildman–Crippen MR) is 150 cm³/mol. The molecule has 2 amide bonds. The summed E-state index contributed by atoms with van der Waals surface area (Å²) >= 11 is 0. The van der Waals surface area contributed by atoms with Crippen molar-refractivity contribution in [3.05, 3.63) is 65.5 Å². The maximum Gasteiger partial charge on any atom is 0.257 e. The van der Waals surface area contributed by atoms with Crippen LogP contribution in [0, 0.1) is 5.92 Å². The number of aromatic nitrogens is 2. The normalized spacial score (nSPS) is 17.1. The second-order valence-corrected chi connectivity index (χ2v) is 10.1. The van der Waals surface area contributed by atoms with Crippen molar-refractivity contribution in [2.45, 2.75) is 71.9 Å². The van der Waals surface area contributed by atoms with E-state index < -0.39 is 0 Å². The van der Waals surface area contributed by atoms with E-state index in [0.717, 1.165) is 54.7 Å². The van der Waals surface area contributed by atoms with E-state index in [1.807, 2.05) is 42.3 Å². The first-order chi connectivity index (χ1) is 18.5. The quantitative estimate of drug-likeness (QED) is 0.257. The van der Waals surface area contributed by atoms with Crippen LogP contribution in [0.2, 0.25) is 0 Å². The molecule has 0 radical (unpaired) electrons. The first kappa shape index (κ1) is 27.5. The molecule has 38 heavy (non-hydrogen) atoms. The van der Waals surface area contributed by atoms with Crippen molar-refractivity contribution < 1.29 is 14.3 Å². The molecule has 4 rings (SSSR count). The number of hydrogen-bond donors (Lipinski definition) is 2. The molecule has 8 nitrogen and oxygen atoms in total. The van der Waals surface area contributed by atoms with E-state index in [9.17, 15) is 9.59 Å². The number of hydrogen-bond acceptors (Lipinski definition) is 5. The predicted octanol–water partition coefficient (Wildman–Crippen LogP) is 5.55. The Balaban J connectivity index is 1.62. The van der Waals surface area contributed by atoms with Gasteiger partial charge in [0.25, 0.3) is 5.91 Å². The summed E-state index contributed by atoms with van der Waals surface area (Å²) in [6.07, 6.45) is 14.3. The molecular formula is C30H41N5O3. The lowest BCUT2D eigenvalue weighted by Crippen LogP contribution is -2.36. The fourth-order valence-electron chi connectivity index (χ4n) is 5.37. The molecule has 0 unspecified atom stereocenters. The molecule has 1 aromatic heterocycles. The van der Waals surface area contributed by atoms with Crippen LogP contribution in [0.15, 0.2) is 54.2 Å². The van der Waals surface area contributed by atoms with E-state index in [1.54, 1.807) is 13.4 Å². The highest BCUT2D eigenvalue weighted by Crippen LogP contribution is 2.32. The molecule has 2 N–H and O–H groups in total. The summed E-state index contributed by atoms with van der Waals surface area (Å²) in [4.78, 5) is 38.3. The van der Waals surface area contributed by atoms with E-state index in [4.69, 9.17) is 4.74 Å². The first-order valence-corrected chi connectivity index (χ1v) is 13.9. The molecule has 2 heterocycles. The zero-order valence-electron chi connectivity index (χ0n) is 23.0. The topological polar surface area (TPSA) is 90.6 Å². The van der Waals surface area contributed by atoms with Gasteiger partial charge in [0, 0.05) is 49.5 Å². The molecule has 8 heteroatoms. The number of amides is 2. The second kappa shape index (κ2) is 13.3. The molecule has 2 aliphatic rings. The number of imidazole rings is 1. The fourth-order valence-corrected chi connectivity index (χ4v) is 5.37. The van der Waals surface area contributed by atoms with Crippen molar-refractivity contribution in [3.8, 4) is 0 Å². The van der Waals surface area contributed by atoms with E-state index >= 15 is 0 Å². The molecule has 1 aliphatic heterocycles. The van der Waals surface area contributed by atoms with Crippen LogP contribution in [0.3, 0.4) is 0 Å². The molecule has 1 aliphatic carbocycles. The Hall–Kier alpha value is -3.55. The van der Waals surface area contributed by atoms with Crippen LogP contribution in [0.1, 0.15) is 70.1 Å². The number of anilines is 2. The Morgan fingerprint density at radius 1 is 1.18 bits per heavy atom. The third-order valence-corrected chi connectivity index (χ3v) is 7.49. The number of fused-ring (bicyclic) bond motifs is 1. The van der Waals surface area contributed by atoms with Crippen molar-refractivity contribution in [1.82, 2.24) is 14.9 Å². The number of H-pyrrole nitrogens is 1. The molecule has 1 saturated carbocycles. The maximum atomic E-state index is 13.8. The zero-order valence-corrected chi connectivity index (χ0v) is 23.0. The average molecular weight is 520 g/mol. The van der Waals surface area contributed by atoms with Gasteiger partial charge in [-0.05, 0) is 37.0 Å². The minimum absolute atomic E-state index is 0.0302. The summed E-state index contributed by atoms with van der Waals surface area (Å²) in [5, 5.41) is 3.17. The number of ether oxygens (including phenoxy) is 1. The summed E-state index contributed by atoms with van der Waals surface area (Å²) in [6.45, 7) is 6.38. The van der Waals surface area contributed by atoms with Crippen LogP contribution in [-0.4, -0.2) is 46.9 Å². The number of carbonyl (C=O) groups is 2. The summed E-state index contributed by atoms with van der Waals surface area (Å²) in [7, 11) is 1.62. The van der Waals surface area contributed by atoms with Gasteiger partial charge in [-0.25, -0.2) is 4.98 Å². The Kier molecular flexibility index (Phi) is 9.62. The second-order valence-electron chi connectivity index (χ2n) is 10.1. The number of benzene rings is 1. The van der Waals surface area contributed by atoms with Gasteiger partial charge in [0.1, 0.15) is 5.76 Å². The molecule has 2 aromatic rings. The lowest BCUT2D eigenvalue weighted by molar-refractivity contribution is -0.127. The van der Waals surface area contributed by atoms with Crippen molar-refractivity contribution >= 4 is 23.2 Å². The third kappa shape index (κ3) is 6.65. The van der Waals surface area contributed by atoms with Gasteiger partial charge in [-0.15, -0.1) is 0 Å². The van der Waals surface area contributed by atoms with Gasteiger partial charge in [-0.1, -0.05) is 51.3 Å². The van der Waals surface area contributed by atoms with E-state index in [-0.39, 0.29) is 17.7 Å². The fraction of sp³-hybridized carbons (Fsp3) is 0.500. The van der Waals surface area contributed by atoms with E-state index in [2.05, 4.69) is 33.2 Å². The Labute approximate surface area is 226 Å². The van der Waals surface area contributed by atoms with Crippen LogP contribution < -0.4 is 10.2 Å². The van der Waals surface area contributed by atoms with E-state index in [0.29, 0.717) is 43.9 Å². The Bertz CT molecular complexity index is 1140. The summed E-state index contributed by atoms with van der Waals surface area (Å²) in [5.41, 5.74) is 4.46. The molecule has 1 fully saturated rings. The molecule has 0 bridgehead atoms. The number of allylic oxidation sites excluding steroid dienone is 2. The van der Waals surface area contributed by atoms with Gasteiger partial charge in [0.15, 0.2) is 0 Å². The van der Waals surface area contributed by atoms with Gasteiger partial charge in [0.2, 0.25) is 5.91 Å². The SMILES string of the molecule is CC/C=C\C(C(=O)N1CCN(Cc2cnc[nH]2)c2cc(NC(=O)C3CCCCC3)ccc2C1)=C(/CC)OC. The monoisotopic (exact) mass is 519 g/mol. The number of methoxy groups -OCH3 is 1. The number of nitrogens with one attached hydrogen (secondary N) is 2. The lowest BCUT2D eigenvalue weighted by atomic mass is 9.88. The van der Waals surface area contributed by atoms with Gasteiger partial charge >= 0.3 is 0 Å². The maximum absolute atomic E-state index is 13.8. The molecule has 0 spiro atoms. The number of nitrogens with zero attached hydrogens (tertiary/aromatic N) is 3.